The van der Waals surface area contributed by atoms with Crippen LogP contribution in [0.1, 0.15) is 15.9 Å². The van der Waals surface area contributed by atoms with Crippen molar-refractivity contribution in [3.05, 3.63) is 57.8 Å². The van der Waals surface area contributed by atoms with Crippen LogP contribution in [0.4, 0.5) is 15.8 Å². The topological polar surface area (TPSA) is 55.1 Å². The standard InChI is InChI=1S/C14H12BrFN2O/c1-8-12(17)3-2-4-13(8)18-14(19)9-5-6-11(16)10(15)7-9/h2-7H,17H2,1H3,(H,18,19). The van der Waals surface area contributed by atoms with Gasteiger partial charge in [0, 0.05) is 16.9 Å². The zero-order valence-corrected chi connectivity index (χ0v) is 11.8. The molecule has 0 aliphatic carbocycles. The van der Waals surface area contributed by atoms with Gasteiger partial charge < -0.3 is 11.1 Å². The highest BCUT2D eigenvalue weighted by Crippen LogP contribution is 2.22. The Balaban J connectivity index is 2.26. The van der Waals surface area contributed by atoms with E-state index < -0.39 is 5.82 Å². The number of rotatable bonds is 2. The summed E-state index contributed by atoms with van der Waals surface area (Å²) in [6, 6.07) is 9.40. The van der Waals surface area contributed by atoms with Crippen molar-refractivity contribution in [3.63, 3.8) is 0 Å². The third-order valence-electron chi connectivity index (χ3n) is 2.81. The Morgan fingerprint density at radius 3 is 2.74 bits per heavy atom. The van der Waals surface area contributed by atoms with Crippen molar-refractivity contribution in [2.45, 2.75) is 6.92 Å². The largest absolute Gasteiger partial charge is 0.398 e. The molecule has 0 atom stereocenters. The van der Waals surface area contributed by atoms with Crippen molar-refractivity contribution in [2.75, 3.05) is 11.1 Å². The minimum atomic E-state index is -0.406. The number of carbonyl (C=O) groups is 1. The van der Waals surface area contributed by atoms with Crippen molar-refractivity contribution in [1.29, 1.82) is 0 Å². The first-order valence-corrected chi connectivity index (χ1v) is 6.40. The molecule has 0 fully saturated rings. The van der Waals surface area contributed by atoms with Gasteiger partial charge in [0.2, 0.25) is 0 Å². The number of carbonyl (C=O) groups excluding carboxylic acids is 1. The van der Waals surface area contributed by atoms with Crippen LogP contribution in [0.15, 0.2) is 40.9 Å². The molecule has 0 unspecified atom stereocenters. The molecule has 0 radical (unpaired) electrons. The molecule has 0 aromatic heterocycles. The van der Waals surface area contributed by atoms with E-state index in [-0.39, 0.29) is 10.4 Å². The van der Waals surface area contributed by atoms with Gasteiger partial charge in [-0.15, -0.1) is 0 Å². The molecule has 19 heavy (non-hydrogen) atoms. The summed E-state index contributed by atoms with van der Waals surface area (Å²) < 4.78 is 13.4. The summed E-state index contributed by atoms with van der Waals surface area (Å²) in [4.78, 5) is 12.0. The first kappa shape index (κ1) is 13.5. The molecule has 0 saturated carbocycles. The Kier molecular flexibility index (Phi) is 3.85. The Morgan fingerprint density at radius 1 is 1.32 bits per heavy atom. The second-order valence-corrected chi connectivity index (χ2v) is 4.96. The van der Waals surface area contributed by atoms with Crippen LogP contribution in [0.25, 0.3) is 0 Å². The third kappa shape index (κ3) is 2.93. The lowest BCUT2D eigenvalue weighted by Gasteiger charge is -2.10. The normalized spacial score (nSPS) is 10.3. The van der Waals surface area contributed by atoms with Crippen LogP contribution in [-0.2, 0) is 0 Å². The summed E-state index contributed by atoms with van der Waals surface area (Å²) in [7, 11) is 0. The molecule has 2 rings (SSSR count). The van der Waals surface area contributed by atoms with E-state index in [0.29, 0.717) is 16.9 Å². The Bertz CT molecular complexity index is 643. The fourth-order valence-corrected chi connectivity index (χ4v) is 2.00. The van der Waals surface area contributed by atoms with Gasteiger partial charge >= 0.3 is 0 Å². The van der Waals surface area contributed by atoms with E-state index in [2.05, 4.69) is 21.2 Å². The predicted molar refractivity (Wildman–Crippen MR) is 77.6 cm³/mol. The number of anilines is 2. The fourth-order valence-electron chi connectivity index (χ4n) is 1.62. The minimum absolute atomic E-state index is 0.254. The zero-order valence-electron chi connectivity index (χ0n) is 10.2. The van der Waals surface area contributed by atoms with Crippen LogP contribution in [0.2, 0.25) is 0 Å². The van der Waals surface area contributed by atoms with Gasteiger partial charge in [0.15, 0.2) is 0 Å². The van der Waals surface area contributed by atoms with Gasteiger partial charge in [0.1, 0.15) is 5.82 Å². The monoisotopic (exact) mass is 322 g/mol. The second kappa shape index (κ2) is 5.40. The average Bonchev–Trinajstić information content (AvgIpc) is 2.38. The highest BCUT2D eigenvalue weighted by molar-refractivity contribution is 9.10. The number of nitrogens with two attached hydrogens (primary N) is 1. The third-order valence-corrected chi connectivity index (χ3v) is 3.41. The molecular formula is C14H12BrFN2O. The summed E-state index contributed by atoms with van der Waals surface area (Å²) in [6.07, 6.45) is 0. The van der Waals surface area contributed by atoms with E-state index in [9.17, 15) is 9.18 Å². The molecule has 0 aliphatic rings. The molecule has 0 spiro atoms. The lowest BCUT2D eigenvalue weighted by molar-refractivity contribution is 0.102. The van der Waals surface area contributed by atoms with Crippen LogP contribution >= 0.6 is 15.9 Å². The number of benzene rings is 2. The fraction of sp³-hybridized carbons (Fsp3) is 0.0714. The highest BCUT2D eigenvalue weighted by Gasteiger charge is 2.10. The van der Waals surface area contributed by atoms with Crippen LogP contribution in [-0.4, -0.2) is 5.91 Å². The van der Waals surface area contributed by atoms with Gasteiger partial charge in [-0.1, -0.05) is 6.07 Å². The molecule has 2 aromatic rings. The smallest absolute Gasteiger partial charge is 0.255 e. The van der Waals surface area contributed by atoms with Crippen molar-refractivity contribution < 1.29 is 9.18 Å². The number of hydrogen-bond acceptors (Lipinski definition) is 2. The Labute approximate surface area is 118 Å². The van der Waals surface area contributed by atoms with Crippen molar-refractivity contribution in [3.8, 4) is 0 Å². The van der Waals surface area contributed by atoms with Crippen molar-refractivity contribution in [1.82, 2.24) is 0 Å². The van der Waals surface area contributed by atoms with Gasteiger partial charge in [-0.05, 0) is 58.7 Å². The molecule has 0 heterocycles. The van der Waals surface area contributed by atoms with E-state index in [1.165, 1.54) is 18.2 Å². The SMILES string of the molecule is Cc1c(N)cccc1NC(=O)c1ccc(F)c(Br)c1. The van der Waals surface area contributed by atoms with E-state index in [1.807, 2.05) is 6.92 Å². The number of hydrogen-bond donors (Lipinski definition) is 2. The summed E-state index contributed by atoms with van der Waals surface area (Å²) >= 11 is 3.05. The maximum Gasteiger partial charge on any atom is 0.255 e. The molecule has 0 aliphatic heterocycles. The van der Waals surface area contributed by atoms with Crippen LogP contribution in [0, 0.1) is 12.7 Å². The van der Waals surface area contributed by atoms with Crippen LogP contribution < -0.4 is 11.1 Å². The molecule has 0 bridgehead atoms. The lowest BCUT2D eigenvalue weighted by atomic mass is 10.1. The highest BCUT2D eigenvalue weighted by atomic mass is 79.9. The maximum atomic E-state index is 13.1. The molecule has 1 amide bonds. The average molecular weight is 323 g/mol. The van der Waals surface area contributed by atoms with E-state index >= 15 is 0 Å². The van der Waals surface area contributed by atoms with Crippen molar-refractivity contribution >= 4 is 33.2 Å². The zero-order chi connectivity index (χ0) is 14.0. The Morgan fingerprint density at radius 2 is 2.05 bits per heavy atom. The first-order chi connectivity index (χ1) is 8.99. The lowest BCUT2D eigenvalue weighted by Crippen LogP contribution is -2.13. The predicted octanol–water partition coefficient (Wildman–Crippen LogP) is 3.73. The van der Waals surface area contributed by atoms with Gasteiger partial charge in [0.25, 0.3) is 5.91 Å². The number of halogens is 2. The van der Waals surface area contributed by atoms with E-state index in [0.717, 1.165) is 5.56 Å². The molecular weight excluding hydrogens is 311 g/mol. The van der Waals surface area contributed by atoms with Gasteiger partial charge in [0.05, 0.1) is 4.47 Å². The summed E-state index contributed by atoms with van der Waals surface area (Å²) in [5.41, 5.74) is 8.20. The summed E-state index contributed by atoms with van der Waals surface area (Å²) in [5, 5.41) is 2.75. The molecule has 3 nitrogen and oxygen atoms in total. The van der Waals surface area contributed by atoms with Crippen LogP contribution in [0.5, 0.6) is 0 Å². The minimum Gasteiger partial charge on any atom is -0.398 e. The van der Waals surface area contributed by atoms with Gasteiger partial charge in [-0.3, -0.25) is 4.79 Å². The molecule has 2 aromatic carbocycles. The van der Waals surface area contributed by atoms with Crippen molar-refractivity contribution in [2.24, 2.45) is 0 Å². The molecule has 98 valence electrons. The number of nitrogen functional groups attached to an aromatic ring is 1. The van der Waals surface area contributed by atoms with E-state index in [4.69, 9.17) is 5.73 Å². The van der Waals surface area contributed by atoms with Gasteiger partial charge in [-0.25, -0.2) is 4.39 Å². The number of nitrogens with one attached hydrogen (secondary N) is 1. The Hall–Kier alpha value is -1.88. The van der Waals surface area contributed by atoms with E-state index in [1.54, 1.807) is 18.2 Å². The number of amides is 1. The first-order valence-electron chi connectivity index (χ1n) is 5.60. The maximum absolute atomic E-state index is 13.1. The molecule has 3 N–H and O–H groups in total. The summed E-state index contributed by atoms with van der Waals surface area (Å²) in [5.74, 6) is -0.717. The molecule has 0 saturated heterocycles. The van der Waals surface area contributed by atoms with Gasteiger partial charge in [-0.2, -0.15) is 0 Å². The molecule has 5 heteroatoms. The van der Waals surface area contributed by atoms with Crippen LogP contribution in [0.3, 0.4) is 0 Å². The quantitative estimate of drug-likeness (QED) is 0.828. The summed E-state index contributed by atoms with van der Waals surface area (Å²) in [6.45, 7) is 1.82. The second-order valence-electron chi connectivity index (χ2n) is 4.10.